The highest BCUT2D eigenvalue weighted by molar-refractivity contribution is 5.17. The highest BCUT2D eigenvalue weighted by atomic mass is 16.3. The number of nitrogens with one attached hydrogen (secondary N) is 1. The van der Waals surface area contributed by atoms with Crippen LogP contribution in [0.15, 0.2) is 30.3 Å². The number of aliphatic hydroxyl groups excluding tert-OH is 1. The third kappa shape index (κ3) is 6.11. The van der Waals surface area contributed by atoms with Gasteiger partial charge in [0.2, 0.25) is 0 Å². The molecule has 0 amide bonds. The van der Waals surface area contributed by atoms with E-state index in [-0.39, 0.29) is 5.41 Å². The van der Waals surface area contributed by atoms with Crippen LogP contribution in [-0.2, 0) is 0 Å². The summed E-state index contributed by atoms with van der Waals surface area (Å²) in [6, 6.07) is 9.65. The minimum Gasteiger partial charge on any atom is -0.387 e. The van der Waals surface area contributed by atoms with Crippen LogP contribution in [0.25, 0.3) is 0 Å². The molecule has 0 aliphatic rings. The molecule has 0 radical (unpaired) electrons. The number of aliphatic hydroxyl groups is 1. The van der Waals surface area contributed by atoms with E-state index in [1.807, 2.05) is 30.3 Å². The molecule has 0 saturated carbocycles. The molecule has 0 saturated heterocycles. The number of hydrogen-bond donors (Lipinski definition) is 2. The van der Waals surface area contributed by atoms with Crippen molar-refractivity contribution in [3.8, 4) is 11.8 Å². The van der Waals surface area contributed by atoms with Crippen molar-refractivity contribution in [1.82, 2.24) is 5.32 Å². The summed E-state index contributed by atoms with van der Waals surface area (Å²) < 4.78 is 0. The lowest BCUT2D eigenvalue weighted by Crippen LogP contribution is -2.21. The van der Waals surface area contributed by atoms with E-state index in [0.717, 1.165) is 5.56 Å². The second kappa shape index (κ2) is 6.44. The topological polar surface area (TPSA) is 32.3 Å². The highest BCUT2D eigenvalue weighted by Crippen LogP contribution is 2.10. The van der Waals surface area contributed by atoms with E-state index < -0.39 is 6.10 Å². The SMILES string of the molecule is CC(C)(C)C#CCNC[C@@H](O)c1ccccc1. The zero-order valence-electron chi connectivity index (χ0n) is 10.8. The van der Waals surface area contributed by atoms with Crippen molar-refractivity contribution in [2.24, 2.45) is 5.41 Å². The normalized spacial score (nSPS) is 12.7. The molecule has 0 aliphatic carbocycles. The van der Waals surface area contributed by atoms with Crippen molar-refractivity contribution in [2.75, 3.05) is 13.1 Å². The van der Waals surface area contributed by atoms with Crippen LogP contribution >= 0.6 is 0 Å². The molecule has 1 aromatic carbocycles. The van der Waals surface area contributed by atoms with Gasteiger partial charge in [-0.3, -0.25) is 0 Å². The molecule has 1 aromatic rings. The summed E-state index contributed by atoms with van der Waals surface area (Å²) in [5, 5.41) is 13.0. The van der Waals surface area contributed by atoms with Crippen molar-refractivity contribution in [3.63, 3.8) is 0 Å². The van der Waals surface area contributed by atoms with Gasteiger partial charge in [0.15, 0.2) is 0 Å². The minimum atomic E-state index is -0.465. The highest BCUT2D eigenvalue weighted by Gasteiger charge is 2.05. The minimum absolute atomic E-state index is 0.0414. The Hall–Kier alpha value is -1.30. The summed E-state index contributed by atoms with van der Waals surface area (Å²) in [6.07, 6.45) is -0.465. The van der Waals surface area contributed by atoms with Crippen molar-refractivity contribution in [1.29, 1.82) is 0 Å². The predicted octanol–water partition coefficient (Wildman–Crippen LogP) is 2.36. The molecule has 1 atom stereocenters. The van der Waals surface area contributed by atoms with E-state index in [1.165, 1.54) is 0 Å². The molecular weight excluding hydrogens is 210 g/mol. The Morgan fingerprint density at radius 2 is 1.88 bits per heavy atom. The number of hydrogen-bond acceptors (Lipinski definition) is 2. The molecular formula is C15H21NO. The maximum absolute atomic E-state index is 9.87. The Morgan fingerprint density at radius 3 is 2.47 bits per heavy atom. The lowest BCUT2D eigenvalue weighted by atomic mass is 9.98. The largest absolute Gasteiger partial charge is 0.387 e. The van der Waals surface area contributed by atoms with Crippen LogP contribution in [0.4, 0.5) is 0 Å². The second-order valence-electron chi connectivity index (χ2n) is 5.11. The molecule has 17 heavy (non-hydrogen) atoms. The summed E-state index contributed by atoms with van der Waals surface area (Å²) in [4.78, 5) is 0. The first-order valence-corrected chi connectivity index (χ1v) is 5.93. The lowest BCUT2D eigenvalue weighted by Gasteiger charge is -2.11. The average Bonchev–Trinajstić information content (AvgIpc) is 2.28. The lowest BCUT2D eigenvalue weighted by molar-refractivity contribution is 0.176. The number of benzene rings is 1. The average molecular weight is 231 g/mol. The van der Waals surface area contributed by atoms with Gasteiger partial charge in [0.05, 0.1) is 12.6 Å². The van der Waals surface area contributed by atoms with Crippen LogP contribution in [0.2, 0.25) is 0 Å². The molecule has 2 nitrogen and oxygen atoms in total. The molecule has 0 spiro atoms. The molecule has 92 valence electrons. The Balaban J connectivity index is 2.30. The molecule has 0 aromatic heterocycles. The maximum atomic E-state index is 9.87. The predicted molar refractivity (Wildman–Crippen MR) is 71.5 cm³/mol. The van der Waals surface area contributed by atoms with Crippen LogP contribution in [0.1, 0.15) is 32.4 Å². The number of rotatable bonds is 4. The summed E-state index contributed by atoms with van der Waals surface area (Å²) >= 11 is 0. The molecule has 0 bridgehead atoms. The zero-order valence-corrected chi connectivity index (χ0v) is 10.8. The van der Waals surface area contributed by atoms with Crippen molar-refractivity contribution in [2.45, 2.75) is 26.9 Å². The molecule has 0 heterocycles. The molecule has 0 unspecified atom stereocenters. The fourth-order valence-corrected chi connectivity index (χ4v) is 1.37. The van der Waals surface area contributed by atoms with E-state index in [4.69, 9.17) is 0 Å². The maximum Gasteiger partial charge on any atom is 0.0914 e. The standard InChI is InChI=1S/C15H21NO/c1-15(2,3)10-7-11-16-12-14(17)13-8-5-4-6-9-13/h4-6,8-9,14,16-17H,11-12H2,1-3H3/t14-/m1/s1. The van der Waals surface area contributed by atoms with Crippen LogP contribution in [-0.4, -0.2) is 18.2 Å². The first-order chi connectivity index (χ1) is 7.99. The van der Waals surface area contributed by atoms with E-state index in [1.54, 1.807) is 0 Å². The third-order valence-corrected chi connectivity index (χ3v) is 2.20. The van der Waals surface area contributed by atoms with Gasteiger partial charge in [0.1, 0.15) is 0 Å². The Kier molecular flexibility index (Phi) is 5.21. The first kappa shape index (κ1) is 13.8. The van der Waals surface area contributed by atoms with Gasteiger partial charge in [0, 0.05) is 12.0 Å². The fourth-order valence-electron chi connectivity index (χ4n) is 1.37. The fraction of sp³-hybridized carbons (Fsp3) is 0.467. The van der Waals surface area contributed by atoms with Gasteiger partial charge in [-0.2, -0.15) is 0 Å². The second-order valence-corrected chi connectivity index (χ2v) is 5.11. The molecule has 0 fully saturated rings. The molecule has 1 rings (SSSR count). The van der Waals surface area contributed by atoms with Gasteiger partial charge >= 0.3 is 0 Å². The van der Waals surface area contributed by atoms with Crippen LogP contribution in [0.3, 0.4) is 0 Å². The smallest absolute Gasteiger partial charge is 0.0914 e. The van der Waals surface area contributed by atoms with E-state index in [9.17, 15) is 5.11 Å². The third-order valence-electron chi connectivity index (χ3n) is 2.20. The Labute approximate surface area is 104 Å². The molecule has 0 aliphatic heterocycles. The van der Waals surface area contributed by atoms with Gasteiger partial charge in [-0.25, -0.2) is 0 Å². The van der Waals surface area contributed by atoms with E-state index >= 15 is 0 Å². The zero-order chi connectivity index (χ0) is 12.7. The van der Waals surface area contributed by atoms with Gasteiger partial charge in [-0.05, 0) is 26.3 Å². The van der Waals surface area contributed by atoms with Crippen LogP contribution in [0.5, 0.6) is 0 Å². The van der Waals surface area contributed by atoms with E-state index in [2.05, 4.69) is 37.9 Å². The summed E-state index contributed by atoms with van der Waals surface area (Å²) in [7, 11) is 0. The first-order valence-electron chi connectivity index (χ1n) is 5.93. The van der Waals surface area contributed by atoms with Crippen LogP contribution < -0.4 is 5.32 Å². The quantitative estimate of drug-likeness (QED) is 0.616. The van der Waals surface area contributed by atoms with Gasteiger partial charge in [0.25, 0.3) is 0 Å². The molecule has 2 heteroatoms. The van der Waals surface area contributed by atoms with Crippen molar-refractivity contribution >= 4 is 0 Å². The Bertz CT molecular complexity index is 381. The summed E-state index contributed by atoms with van der Waals surface area (Å²) in [6.45, 7) is 7.39. The van der Waals surface area contributed by atoms with Gasteiger partial charge in [-0.15, -0.1) is 0 Å². The van der Waals surface area contributed by atoms with Crippen LogP contribution in [0, 0.1) is 17.3 Å². The molecule has 2 N–H and O–H groups in total. The van der Waals surface area contributed by atoms with Gasteiger partial charge < -0.3 is 10.4 Å². The van der Waals surface area contributed by atoms with Crippen molar-refractivity contribution in [3.05, 3.63) is 35.9 Å². The summed E-state index contributed by atoms with van der Waals surface area (Å²) in [5.74, 6) is 6.20. The van der Waals surface area contributed by atoms with Crippen molar-refractivity contribution < 1.29 is 5.11 Å². The monoisotopic (exact) mass is 231 g/mol. The van der Waals surface area contributed by atoms with Gasteiger partial charge in [-0.1, -0.05) is 42.2 Å². The van der Waals surface area contributed by atoms with E-state index in [0.29, 0.717) is 13.1 Å². The summed E-state index contributed by atoms with van der Waals surface area (Å²) in [5.41, 5.74) is 0.975. The Morgan fingerprint density at radius 1 is 1.24 bits per heavy atom.